The van der Waals surface area contributed by atoms with Crippen molar-refractivity contribution in [3.63, 3.8) is 0 Å². The molecule has 8 atom stereocenters. The highest BCUT2D eigenvalue weighted by Crippen LogP contribution is 2.66. The van der Waals surface area contributed by atoms with Gasteiger partial charge in [0.2, 0.25) is 0 Å². The summed E-state index contributed by atoms with van der Waals surface area (Å²) in [6.45, 7) is 7.02. The van der Waals surface area contributed by atoms with E-state index in [1.807, 2.05) is 0 Å². The molecule has 4 heteroatoms. The Labute approximate surface area is 204 Å². The van der Waals surface area contributed by atoms with Crippen LogP contribution in [0, 0.1) is 34.5 Å². The summed E-state index contributed by atoms with van der Waals surface area (Å²) in [6, 6.07) is 6.79. The maximum atomic E-state index is 12.6. The third-order valence-corrected chi connectivity index (χ3v) is 10.3. The zero-order valence-corrected chi connectivity index (χ0v) is 20.9. The normalized spacial score (nSPS) is 40.1. The van der Waals surface area contributed by atoms with E-state index in [1.54, 1.807) is 30.3 Å². The van der Waals surface area contributed by atoms with Gasteiger partial charge in [-0.15, -0.1) is 0 Å². The quantitative estimate of drug-likeness (QED) is 0.313. The van der Waals surface area contributed by atoms with Crippen LogP contribution in [0.4, 0.5) is 0 Å². The highest BCUT2D eigenvalue weighted by molar-refractivity contribution is 5.87. The van der Waals surface area contributed by atoms with Gasteiger partial charge in [-0.3, -0.25) is 0 Å². The number of aromatic hydroxyl groups is 1. The van der Waals surface area contributed by atoms with Gasteiger partial charge in [0.25, 0.3) is 0 Å². The molecule has 0 heterocycles. The van der Waals surface area contributed by atoms with Crippen molar-refractivity contribution >= 4 is 12.0 Å². The van der Waals surface area contributed by atoms with E-state index in [0.717, 1.165) is 43.6 Å². The first-order valence-electron chi connectivity index (χ1n) is 13.3. The summed E-state index contributed by atoms with van der Waals surface area (Å²) < 4.78 is 5.93. The molecule has 1 aromatic carbocycles. The monoisotopic (exact) mass is 464 g/mol. The van der Waals surface area contributed by atoms with Crippen LogP contribution in [0.2, 0.25) is 0 Å². The van der Waals surface area contributed by atoms with Crippen molar-refractivity contribution in [1.82, 2.24) is 0 Å². The molecule has 0 aliphatic heterocycles. The summed E-state index contributed by atoms with van der Waals surface area (Å²) >= 11 is 0. The zero-order valence-electron chi connectivity index (χ0n) is 20.9. The van der Waals surface area contributed by atoms with Gasteiger partial charge in [0.1, 0.15) is 11.9 Å². The Morgan fingerprint density at radius 3 is 2.62 bits per heavy atom. The predicted octanol–water partition coefficient (Wildman–Crippen LogP) is 6.28. The summed E-state index contributed by atoms with van der Waals surface area (Å²) in [5.74, 6) is 2.45. The third-order valence-electron chi connectivity index (χ3n) is 10.3. The molecule has 2 N–H and O–H groups in total. The minimum Gasteiger partial charge on any atom is -0.508 e. The number of carbonyl (C=O) groups is 1. The molecule has 3 saturated carbocycles. The molecule has 4 nitrogen and oxygen atoms in total. The standard InChI is InChI=1S/C30H40O4/c1-19(34-28(33)13-6-20-4-8-22(31)9-5-20)25-11-12-26-24-10-7-21-18-23(32)14-16-29(21,2)27(24)15-17-30(25,26)3/h4-9,13,19,23-27,31-32H,10-12,14-18H2,1-3H3/t19-,23-,24-,25+,26-,27-,29-,30+/m0/s1. The Bertz CT molecular complexity index is 978. The molecule has 4 aliphatic carbocycles. The average Bonchev–Trinajstić information content (AvgIpc) is 3.16. The first kappa shape index (κ1) is 23.7. The van der Waals surface area contributed by atoms with Gasteiger partial charge in [-0.25, -0.2) is 4.79 Å². The molecule has 4 aliphatic rings. The van der Waals surface area contributed by atoms with Crippen LogP contribution in [0.5, 0.6) is 5.75 Å². The number of esters is 1. The maximum Gasteiger partial charge on any atom is 0.331 e. The molecule has 0 bridgehead atoms. The van der Waals surface area contributed by atoms with E-state index in [1.165, 1.54) is 30.9 Å². The van der Waals surface area contributed by atoms with Crippen LogP contribution in [-0.4, -0.2) is 28.4 Å². The Kier molecular flexibility index (Phi) is 6.16. The molecule has 1 aromatic rings. The van der Waals surface area contributed by atoms with E-state index in [4.69, 9.17) is 4.74 Å². The maximum absolute atomic E-state index is 12.6. The molecule has 3 fully saturated rings. The minimum atomic E-state index is -0.292. The van der Waals surface area contributed by atoms with Crippen molar-refractivity contribution in [2.24, 2.45) is 34.5 Å². The van der Waals surface area contributed by atoms with Crippen molar-refractivity contribution in [2.45, 2.75) is 84.3 Å². The van der Waals surface area contributed by atoms with Crippen molar-refractivity contribution in [1.29, 1.82) is 0 Å². The molecule has 0 spiro atoms. The Hall–Kier alpha value is -2.07. The highest BCUT2D eigenvalue weighted by Gasteiger charge is 2.59. The summed E-state index contributed by atoms with van der Waals surface area (Å²) in [7, 11) is 0. The van der Waals surface area contributed by atoms with Crippen LogP contribution in [-0.2, 0) is 9.53 Å². The molecular formula is C30H40O4. The number of aliphatic hydroxyl groups excluding tert-OH is 1. The van der Waals surface area contributed by atoms with Gasteiger partial charge >= 0.3 is 5.97 Å². The molecule has 0 unspecified atom stereocenters. The van der Waals surface area contributed by atoms with Gasteiger partial charge in [-0.1, -0.05) is 37.6 Å². The van der Waals surface area contributed by atoms with Gasteiger partial charge in [-0.05, 0) is 111 Å². The van der Waals surface area contributed by atoms with Gasteiger partial charge in [0.05, 0.1) is 6.10 Å². The number of carbonyl (C=O) groups excluding carboxylic acids is 1. The fourth-order valence-corrected chi connectivity index (χ4v) is 8.51. The summed E-state index contributed by atoms with van der Waals surface area (Å²) in [5, 5.41) is 19.7. The molecule has 34 heavy (non-hydrogen) atoms. The van der Waals surface area contributed by atoms with E-state index in [2.05, 4.69) is 26.8 Å². The molecule has 0 amide bonds. The van der Waals surface area contributed by atoms with Crippen molar-refractivity contribution in [3.8, 4) is 5.75 Å². The van der Waals surface area contributed by atoms with E-state index in [9.17, 15) is 15.0 Å². The van der Waals surface area contributed by atoms with E-state index < -0.39 is 0 Å². The van der Waals surface area contributed by atoms with E-state index in [-0.39, 0.29) is 34.8 Å². The highest BCUT2D eigenvalue weighted by atomic mass is 16.5. The van der Waals surface area contributed by atoms with E-state index in [0.29, 0.717) is 17.8 Å². The van der Waals surface area contributed by atoms with Crippen molar-refractivity contribution in [2.75, 3.05) is 0 Å². The van der Waals surface area contributed by atoms with Crippen LogP contribution in [0.25, 0.3) is 6.08 Å². The fraction of sp³-hybridized carbons (Fsp3) is 0.633. The number of allylic oxidation sites excluding steroid dienone is 1. The average molecular weight is 465 g/mol. The van der Waals surface area contributed by atoms with E-state index >= 15 is 0 Å². The van der Waals surface area contributed by atoms with Crippen LogP contribution < -0.4 is 0 Å². The number of benzene rings is 1. The number of hydrogen-bond donors (Lipinski definition) is 2. The first-order valence-corrected chi connectivity index (χ1v) is 13.3. The number of rotatable bonds is 4. The third kappa shape index (κ3) is 4.02. The van der Waals surface area contributed by atoms with Gasteiger partial charge < -0.3 is 14.9 Å². The number of phenols is 1. The van der Waals surface area contributed by atoms with Crippen LogP contribution in [0.1, 0.15) is 77.7 Å². The van der Waals surface area contributed by atoms with Crippen LogP contribution in [0.15, 0.2) is 42.0 Å². The molecule has 0 saturated heterocycles. The Morgan fingerprint density at radius 2 is 1.85 bits per heavy atom. The number of ether oxygens (including phenoxy) is 1. The van der Waals surface area contributed by atoms with Gasteiger partial charge in [-0.2, -0.15) is 0 Å². The second-order valence-electron chi connectivity index (χ2n) is 12.0. The smallest absolute Gasteiger partial charge is 0.331 e. The number of aliphatic hydroxyl groups is 1. The summed E-state index contributed by atoms with van der Waals surface area (Å²) in [4.78, 5) is 12.6. The molecule has 0 aromatic heterocycles. The minimum absolute atomic E-state index is 0.0985. The predicted molar refractivity (Wildman–Crippen MR) is 134 cm³/mol. The first-order chi connectivity index (χ1) is 16.2. The van der Waals surface area contributed by atoms with Crippen molar-refractivity contribution < 1.29 is 19.7 Å². The molecule has 5 rings (SSSR count). The SMILES string of the molecule is C[C@H](OC(=O)C=Cc1ccc(O)cc1)[C@H]1CC[C@H]2[C@@H]3CC=C4C[C@@H](O)CC[C@]4(C)[C@H]3CC[C@]12C. The molecule has 0 radical (unpaired) electrons. The summed E-state index contributed by atoms with van der Waals surface area (Å²) in [5.41, 5.74) is 2.87. The second kappa shape index (κ2) is 8.86. The molecule has 184 valence electrons. The van der Waals surface area contributed by atoms with Crippen LogP contribution in [0.3, 0.4) is 0 Å². The lowest BCUT2D eigenvalue weighted by Crippen LogP contribution is -2.51. The Balaban J connectivity index is 1.27. The topological polar surface area (TPSA) is 66.8 Å². The zero-order chi connectivity index (χ0) is 24.1. The number of phenolic OH excluding ortho intramolecular Hbond substituents is 1. The van der Waals surface area contributed by atoms with Crippen molar-refractivity contribution in [3.05, 3.63) is 47.6 Å². The fourth-order valence-electron chi connectivity index (χ4n) is 8.51. The second-order valence-corrected chi connectivity index (χ2v) is 12.0. The Morgan fingerprint density at radius 1 is 1.09 bits per heavy atom. The van der Waals surface area contributed by atoms with Gasteiger partial charge in [0, 0.05) is 12.0 Å². The number of hydrogen-bond acceptors (Lipinski definition) is 4. The largest absolute Gasteiger partial charge is 0.508 e. The van der Waals surface area contributed by atoms with Gasteiger partial charge in [0.15, 0.2) is 0 Å². The molecular weight excluding hydrogens is 424 g/mol. The lowest BCUT2D eigenvalue weighted by Gasteiger charge is -2.58. The number of fused-ring (bicyclic) bond motifs is 5. The summed E-state index contributed by atoms with van der Waals surface area (Å²) in [6.07, 6.45) is 14.4. The lowest BCUT2D eigenvalue weighted by molar-refractivity contribution is -0.149. The lowest BCUT2D eigenvalue weighted by atomic mass is 9.47. The van der Waals surface area contributed by atoms with Crippen LogP contribution >= 0.6 is 0 Å².